The highest BCUT2D eigenvalue weighted by atomic mass is 32.2. The first-order valence-electron chi connectivity index (χ1n) is 9.06. The molecule has 140 valence electrons. The molecule has 4 rings (SSSR count). The molecule has 1 heterocycles. The number of nitrogens with zero attached hydrogens (tertiary/aromatic N) is 3. The summed E-state index contributed by atoms with van der Waals surface area (Å²) in [6.45, 7) is 2.09. The van der Waals surface area contributed by atoms with Gasteiger partial charge in [-0.05, 0) is 55.2 Å². The van der Waals surface area contributed by atoms with Crippen molar-refractivity contribution in [2.75, 3.05) is 14.2 Å². The van der Waals surface area contributed by atoms with E-state index in [4.69, 9.17) is 19.6 Å². The first kappa shape index (κ1) is 17.9. The molecule has 0 aliphatic heterocycles. The largest absolute Gasteiger partial charge is 0.493 e. The molecule has 0 unspecified atom stereocenters. The Labute approximate surface area is 163 Å². The molecule has 1 saturated carbocycles. The zero-order valence-corrected chi connectivity index (χ0v) is 16.6. The van der Waals surface area contributed by atoms with Gasteiger partial charge in [0.2, 0.25) is 5.16 Å². The van der Waals surface area contributed by atoms with E-state index in [-0.39, 0.29) is 0 Å². The summed E-state index contributed by atoms with van der Waals surface area (Å²) in [5, 5.41) is 5.59. The van der Waals surface area contributed by atoms with Crippen molar-refractivity contribution in [3.63, 3.8) is 0 Å². The van der Waals surface area contributed by atoms with Crippen molar-refractivity contribution < 1.29 is 9.47 Å². The van der Waals surface area contributed by atoms with Crippen LogP contribution < -0.4 is 9.47 Å². The third kappa shape index (κ3) is 3.81. The van der Waals surface area contributed by atoms with Gasteiger partial charge in [-0.2, -0.15) is 0 Å². The molecule has 5 nitrogen and oxygen atoms in total. The van der Waals surface area contributed by atoms with Gasteiger partial charge in [-0.3, -0.25) is 0 Å². The number of aryl methyl sites for hydroxylation is 1. The number of hydrogen-bond donors (Lipinski definition) is 0. The van der Waals surface area contributed by atoms with Crippen LogP contribution in [0, 0.1) is 6.92 Å². The highest BCUT2D eigenvalue weighted by molar-refractivity contribution is 7.98. The monoisotopic (exact) mass is 381 g/mol. The first-order valence-corrected chi connectivity index (χ1v) is 10.0. The molecule has 1 aromatic heterocycles. The van der Waals surface area contributed by atoms with Gasteiger partial charge >= 0.3 is 0 Å². The Hall–Kier alpha value is -2.47. The van der Waals surface area contributed by atoms with Crippen LogP contribution >= 0.6 is 11.8 Å². The molecule has 1 aliphatic carbocycles. The normalized spacial score (nSPS) is 13.6. The number of rotatable bonds is 7. The van der Waals surface area contributed by atoms with Crippen molar-refractivity contribution in [2.45, 2.75) is 36.6 Å². The summed E-state index contributed by atoms with van der Waals surface area (Å²) in [4.78, 5) is 4.83. The van der Waals surface area contributed by atoms with Gasteiger partial charge in [-0.15, -0.1) is 5.10 Å². The lowest BCUT2D eigenvalue weighted by Gasteiger charge is -2.12. The van der Waals surface area contributed by atoms with Crippen LogP contribution in [0.15, 0.2) is 47.6 Å². The van der Waals surface area contributed by atoms with E-state index in [1.807, 2.05) is 35.0 Å². The van der Waals surface area contributed by atoms with Crippen LogP contribution in [0.25, 0.3) is 5.69 Å². The van der Waals surface area contributed by atoms with Crippen molar-refractivity contribution in [3.05, 3.63) is 59.4 Å². The van der Waals surface area contributed by atoms with Crippen molar-refractivity contribution in [3.8, 4) is 17.2 Å². The number of para-hydroxylation sites is 1. The Morgan fingerprint density at radius 1 is 1.07 bits per heavy atom. The van der Waals surface area contributed by atoms with E-state index in [1.165, 1.54) is 24.0 Å². The summed E-state index contributed by atoms with van der Waals surface area (Å²) < 4.78 is 12.8. The van der Waals surface area contributed by atoms with Gasteiger partial charge in [0.05, 0.1) is 19.9 Å². The lowest BCUT2D eigenvalue weighted by molar-refractivity contribution is 0.354. The van der Waals surface area contributed by atoms with Gasteiger partial charge in [0, 0.05) is 11.7 Å². The maximum atomic E-state index is 5.44. The Morgan fingerprint density at radius 2 is 1.78 bits per heavy atom. The van der Waals surface area contributed by atoms with E-state index < -0.39 is 0 Å². The summed E-state index contributed by atoms with van der Waals surface area (Å²) in [5.74, 6) is 3.91. The molecular formula is C21H23N3O2S. The molecule has 0 spiro atoms. The van der Waals surface area contributed by atoms with E-state index in [1.54, 1.807) is 26.0 Å². The number of hydrogen-bond acceptors (Lipinski definition) is 5. The van der Waals surface area contributed by atoms with Gasteiger partial charge in [0.15, 0.2) is 11.5 Å². The molecule has 0 bridgehead atoms. The van der Waals surface area contributed by atoms with E-state index in [9.17, 15) is 0 Å². The van der Waals surface area contributed by atoms with Crippen LogP contribution in [0.1, 0.15) is 35.7 Å². The zero-order valence-electron chi connectivity index (χ0n) is 15.8. The fourth-order valence-electron chi connectivity index (χ4n) is 3.05. The van der Waals surface area contributed by atoms with Crippen molar-refractivity contribution in [2.24, 2.45) is 0 Å². The Balaban J connectivity index is 1.57. The van der Waals surface area contributed by atoms with Crippen LogP contribution in [-0.4, -0.2) is 29.0 Å². The fourth-order valence-corrected chi connectivity index (χ4v) is 3.94. The smallest absolute Gasteiger partial charge is 0.209 e. The molecular weight excluding hydrogens is 358 g/mol. The maximum absolute atomic E-state index is 5.44. The second-order valence-corrected chi connectivity index (χ2v) is 7.64. The van der Waals surface area contributed by atoms with Crippen LogP contribution in [-0.2, 0) is 5.75 Å². The van der Waals surface area contributed by atoms with Gasteiger partial charge in [0.25, 0.3) is 0 Å². The molecule has 0 N–H and O–H groups in total. The summed E-state index contributed by atoms with van der Waals surface area (Å²) in [5.41, 5.74) is 3.44. The second-order valence-electron chi connectivity index (χ2n) is 6.70. The predicted molar refractivity (Wildman–Crippen MR) is 107 cm³/mol. The van der Waals surface area contributed by atoms with Gasteiger partial charge < -0.3 is 9.47 Å². The lowest BCUT2D eigenvalue weighted by Crippen LogP contribution is -2.01. The van der Waals surface area contributed by atoms with Crippen LogP contribution in [0.5, 0.6) is 11.5 Å². The number of thioether (sulfide) groups is 1. The number of aromatic nitrogens is 3. The van der Waals surface area contributed by atoms with Crippen LogP contribution in [0.2, 0.25) is 0 Å². The molecule has 3 aromatic rings. The Morgan fingerprint density at radius 3 is 2.44 bits per heavy atom. The highest BCUT2D eigenvalue weighted by Crippen LogP contribution is 2.41. The topological polar surface area (TPSA) is 49.2 Å². The number of methoxy groups -OCH3 is 2. The minimum atomic E-state index is 0.537. The number of benzene rings is 2. The van der Waals surface area contributed by atoms with Gasteiger partial charge in [0.1, 0.15) is 5.82 Å². The molecule has 2 aromatic carbocycles. The highest BCUT2D eigenvalue weighted by Gasteiger charge is 2.30. The summed E-state index contributed by atoms with van der Waals surface area (Å²) in [6.07, 6.45) is 2.40. The maximum Gasteiger partial charge on any atom is 0.209 e. The molecule has 0 atom stereocenters. The summed E-state index contributed by atoms with van der Waals surface area (Å²) >= 11 is 1.66. The predicted octanol–water partition coefficient (Wildman–Crippen LogP) is 4.76. The average Bonchev–Trinajstić information content (AvgIpc) is 3.46. The molecule has 6 heteroatoms. The van der Waals surface area contributed by atoms with Crippen LogP contribution in [0.3, 0.4) is 0 Å². The third-order valence-electron chi connectivity index (χ3n) is 4.75. The molecule has 1 fully saturated rings. The van der Waals surface area contributed by atoms with Crippen molar-refractivity contribution >= 4 is 11.8 Å². The van der Waals surface area contributed by atoms with Crippen LogP contribution in [0.4, 0.5) is 0 Å². The van der Waals surface area contributed by atoms with E-state index in [2.05, 4.69) is 19.1 Å². The van der Waals surface area contributed by atoms with Crippen molar-refractivity contribution in [1.29, 1.82) is 0 Å². The molecule has 27 heavy (non-hydrogen) atoms. The summed E-state index contributed by atoms with van der Waals surface area (Å²) in [7, 11) is 3.32. The van der Waals surface area contributed by atoms with E-state index in [0.29, 0.717) is 5.92 Å². The van der Waals surface area contributed by atoms with Crippen molar-refractivity contribution in [1.82, 2.24) is 14.8 Å². The first-order chi connectivity index (χ1) is 13.2. The summed E-state index contributed by atoms with van der Waals surface area (Å²) in [6, 6.07) is 14.3. The number of ether oxygens (including phenoxy) is 2. The standard InChI is InChI=1S/C21H23N3O2S/c1-14-11-18(25-2)19(26-3)12-16(14)13-27-21-22-20(15-9-10-15)24(23-21)17-7-5-4-6-8-17/h4-8,11-12,15H,9-10,13H2,1-3H3. The quantitative estimate of drug-likeness (QED) is 0.552. The molecule has 1 aliphatic rings. The minimum Gasteiger partial charge on any atom is -0.493 e. The second kappa shape index (κ2) is 7.64. The fraction of sp³-hybridized carbons (Fsp3) is 0.333. The molecule has 0 radical (unpaired) electrons. The Kier molecular flexibility index (Phi) is 5.07. The van der Waals surface area contributed by atoms with E-state index >= 15 is 0 Å². The lowest BCUT2D eigenvalue weighted by atomic mass is 10.1. The third-order valence-corrected chi connectivity index (χ3v) is 5.64. The average molecular weight is 382 g/mol. The molecule has 0 amide bonds. The molecule has 0 saturated heterocycles. The van der Waals surface area contributed by atoms with Gasteiger partial charge in [-0.1, -0.05) is 30.0 Å². The minimum absolute atomic E-state index is 0.537. The Bertz CT molecular complexity index is 936. The zero-order chi connectivity index (χ0) is 18.8. The van der Waals surface area contributed by atoms with E-state index in [0.717, 1.165) is 33.9 Å². The van der Waals surface area contributed by atoms with Gasteiger partial charge in [-0.25, -0.2) is 9.67 Å². The SMILES string of the molecule is COc1cc(C)c(CSc2nc(C3CC3)n(-c3ccccc3)n2)cc1OC.